The summed E-state index contributed by atoms with van der Waals surface area (Å²) in [6.07, 6.45) is 1.67. The van der Waals surface area contributed by atoms with Crippen LogP contribution in [-0.2, 0) is 12.0 Å². The van der Waals surface area contributed by atoms with Crippen molar-refractivity contribution < 1.29 is 19.1 Å². The highest BCUT2D eigenvalue weighted by molar-refractivity contribution is 6.32. The molecule has 1 aromatic carbocycles. The van der Waals surface area contributed by atoms with Gasteiger partial charge in [0, 0.05) is 5.41 Å². The summed E-state index contributed by atoms with van der Waals surface area (Å²) < 4.78 is 11.1. The van der Waals surface area contributed by atoms with Crippen LogP contribution in [0.2, 0.25) is 5.02 Å². The summed E-state index contributed by atoms with van der Waals surface area (Å²) in [6.45, 7) is 6.21. The van der Waals surface area contributed by atoms with E-state index in [-0.39, 0.29) is 22.6 Å². The first-order valence-electron chi connectivity index (χ1n) is 6.38. The predicted molar refractivity (Wildman–Crippen MR) is 77.9 cm³/mol. The number of aromatic carboxylic acids is 1. The fraction of sp³-hybridized carbons (Fsp3) is 0.333. The largest absolute Gasteiger partial charge is 0.482 e. The van der Waals surface area contributed by atoms with E-state index in [1.54, 1.807) is 6.20 Å². The SMILES string of the molecule is CC(C)(C)c1cnc(COc2ccc(C(=O)O)cc2Cl)o1. The topological polar surface area (TPSA) is 72.6 Å². The molecule has 0 atom stereocenters. The number of hydrogen-bond acceptors (Lipinski definition) is 4. The Morgan fingerprint density at radius 2 is 2.14 bits per heavy atom. The summed E-state index contributed by atoms with van der Waals surface area (Å²) in [5, 5.41) is 9.10. The molecule has 5 nitrogen and oxygen atoms in total. The molecule has 0 aliphatic carbocycles. The molecule has 6 heteroatoms. The second-order valence-corrected chi connectivity index (χ2v) is 6.01. The third-order valence-electron chi connectivity index (χ3n) is 2.82. The maximum absolute atomic E-state index is 10.8. The van der Waals surface area contributed by atoms with Gasteiger partial charge in [-0.15, -0.1) is 0 Å². The second-order valence-electron chi connectivity index (χ2n) is 5.61. The summed E-state index contributed by atoms with van der Waals surface area (Å²) >= 11 is 5.98. The minimum Gasteiger partial charge on any atom is -0.482 e. The van der Waals surface area contributed by atoms with Gasteiger partial charge in [0.25, 0.3) is 0 Å². The highest BCUT2D eigenvalue weighted by Crippen LogP contribution is 2.27. The van der Waals surface area contributed by atoms with Crippen LogP contribution in [-0.4, -0.2) is 16.1 Å². The van der Waals surface area contributed by atoms with E-state index < -0.39 is 5.97 Å². The van der Waals surface area contributed by atoms with Crippen molar-refractivity contribution in [1.29, 1.82) is 0 Å². The molecule has 0 aliphatic rings. The van der Waals surface area contributed by atoms with Crippen molar-refractivity contribution in [2.45, 2.75) is 32.8 Å². The molecule has 0 bridgehead atoms. The molecular formula is C15H16ClNO4. The number of halogens is 1. The van der Waals surface area contributed by atoms with E-state index in [0.717, 1.165) is 5.76 Å². The molecule has 0 amide bonds. The monoisotopic (exact) mass is 309 g/mol. The Bertz CT molecular complexity index is 658. The molecule has 0 saturated heterocycles. The lowest BCUT2D eigenvalue weighted by atomic mass is 9.94. The smallest absolute Gasteiger partial charge is 0.335 e. The first kappa shape index (κ1) is 15.4. The van der Waals surface area contributed by atoms with Crippen molar-refractivity contribution in [2.24, 2.45) is 0 Å². The Labute approximate surface area is 127 Å². The molecular weight excluding hydrogens is 294 g/mol. The minimum atomic E-state index is -1.04. The molecule has 1 heterocycles. The zero-order chi connectivity index (χ0) is 15.6. The third kappa shape index (κ3) is 3.76. The highest BCUT2D eigenvalue weighted by atomic mass is 35.5. The lowest BCUT2D eigenvalue weighted by molar-refractivity contribution is 0.0697. The Hall–Kier alpha value is -2.01. The first-order valence-corrected chi connectivity index (χ1v) is 6.76. The first-order chi connectivity index (χ1) is 9.77. The maximum atomic E-state index is 10.8. The predicted octanol–water partition coefficient (Wildman–Crippen LogP) is 3.90. The van der Waals surface area contributed by atoms with Crippen LogP contribution in [0.1, 0.15) is 42.8 Å². The van der Waals surface area contributed by atoms with Gasteiger partial charge in [0.05, 0.1) is 16.8 Å². The fourth-order valence-electron chi connectivity index (χ4n) is 1.61. The molecule has 0 radical (unpaired) electrons. The van der Waals surface area contributed by atoms with Crippen LogP contribution < -0.4 is 4.74 Å². The van der Waals surface area contributed by atoms with Crippen LogP contribution in [0.15, 0.2) is 28.8 Å². The van der Waals surface area contributed by atoms with Gasteiger partial charge in [0.1, 0.15) is 11.5 Å². The molecule has 2 rings (SSSR count). The molecule has 0 fully saturated rings. The Balaban J connectivity index is 2.06. The highest BCUT2D eigenvalue weighted by Gasteiger charge is 2.19. The van der Waals surface area contributed by atoms with Crippen molar-refractivity contribution in [3.8, 4) is 5.75 Å². The van der Waals surface area contributed by atoms with Crippen molar-refractivity contribution >= 4 is 17.6 Å². The van der Waals surface area contributed by atoms with Gasteiger partial charge in [0.2, 0.25) is 5.89 Å². The van der Waals surface area contributed by atoms with E-state index in [4.69, 9.17) is 25.9 Å². The van der Waals surface area contributed by atoms with Crippen LogP contribution in [0.5, 0.6) is 5.75 Å². The van der Waals surface area contributed by atoms with Gasteiger partial charge in [-0.1, -0.05) is 32.4 Å². The average Bonchev–Trinajstić information content (AvgIpc) is 2.85. The number of carboxylic acids is 1. The van der Waals surface area contributed by atoms with Gasteiger partial charge in [0.15, 0.2) is 6.61 Å². The minimum absolute atomic E-state index is 0.110. The molecule has 0 saturated carbocycles. The molecule has 1 N–H and O–H groups in total. The number of rotatable bonds is 4. The molecule has 0 aliphatic heterocycles. The number of nitrogens with zero attached hydrogens (tertiary/aromatic N) is 1. The van der Waals surface area contributed by atoms with Gasteiger partial charge in [-0.25, -0.2) is 9.78 Å². The standard InChI is InChI=1S/C15H16ClNO4/c1-15(2,3)12-7-17-13(21-12)8-20-11-5-4-9(14(18)19)6-10(11)16/h4-7H,8H2,1-3H3,(H,18,19). The van der Waals surface area contributed by atoms with E-state index >= 15 is 0 Å². The normalized spacial score (nSPS) is 11.4. The van der Waals surface area contributed by atoms with Gasteiger partial charge in [-0.05, 0) is 18.2 Å². The third-order valence-corrected chi connectivity index (χ3v) is 3.12. The van der Waals surface area contributed by atoms with Crippen LogP contribution in [0.4, 0.5) is 0 Å². The zero-order valence-electron chi connectivity index (χ0n) is 12.0. The lowest BCUT2D eigenvalue weighted by Crippen LogP contribution is -2.09. The van der Waals surface area contributed by atoms with Gasteiger partial charge < -0.3 is 14.3 Å². The van der Waals surface area contributed by atoms with E-state index in [1.165, 1.54) is 18.2 Å². The zero-order valence-corrected chi connectivity index (χ0v) is 12.8. The van der Waals surface area contributed by atoms with E-state index in [0.29, 0.717) is 11.6 Å². The number of aromatic nitrogens is 1. The molecule has 0 unspecified atom stereocenters. The van der Waals surface area contributed by atoms with Gasteiger partial charge in [-0.2, -0.15) is 0 Å². The summed E-state index contributed by atoms with van der Waals surface area (Å²) in [4.78, 5) is 15.0. The number of benzene rings is 1. The number of carboxylic acid groups (broad SMARTS) is 1. The second kappa shape index (κ2) is 5.77. The average molecular weight is 310 g/mol. The Kier molecular flexibility index (Phi) is 4.23. The lowest BCUT2D eigenvalue weighted by Gasteiger charge is -2.13. The quantitative estimate of drug-likeness (QED) is 0.927. The summed E-state index contributed by atoms with van der Waals surface area (Å²) in [5.74, 6) is 0.565. The number of hydrogen-bond donors (Lipinski definition) is 1. The van der Waals surface area contributed by atoms with Gasteiger partial charge in [-0.3, -0.25) is 0 Å². The molecule has 2 aromatic rings. The van der Waals surface area contributed by atoms with Gasteiger partial charge >= 0.3 is 5.97 Å². The fourth-order valence-corrected chi connectivity index (χ4v) is 1.85. The number of oxazole rings is 1. The molecule has 21 heavy (non-hydrogen) atoms. The van der Waals surface area contributed by atoms with Crippen molar-refractivity contribution in [2.75, 3.05) is 0 Å². The Morgan fingerprint density at radius 3 is 2.67 bits per heavy atom. The molecule has 0 spiro atoms. The summed E-state index contributed by atoms with van der Waals surface area (Å²) in [7, 11) is 0. The van der Waals surface area contributed by atoms with Crippen LogP contribution in [0, 0.1) is 0 Å². The number of ether oxygens (including phenoxy) is 1. The van der Waals surface area contributed by atoms with E-state index in [9.17, 15) is 4.79 Å². The van der Waals surface area contributed by atoms with Crippen molar-refractivity contribution in [3.63, 3.8) is 0 Å². The summed E-state index contributed by atoms with van der Waals surface area (Å²) in [6, 6.07) is 4.29. The van der Waals surface area contributed by atoms with Crippen molar-refractivity contribution in [3.05, 3.63) is 46.6 Å². The van der Waals surface area contributed by atoms with Crippen LogP contribution in [0.3, 0.4) is 0 Å². The van der Waals surface area contributed by atoms with Crippen molar-refractivity contribution in [1.82, 2.24) is 4.98 Å². The maximum Gasteiger partial charge on any atom is 0.335 e. The number of carbonyl (C=O) groups is 1. The molecule has 112 valence electrons. The van der Waals surface area contributed by atoms with Crippen LogP contribution in [0.25, 0.3) is 0 Å². The van der Waals surface area contributed by atoms with E-state index in [2.05, 4.69) is 4.98 Å². The Morgan fingerprint density at radius 1 is 1.43 bits per heavy atom. The molecule has 1 aromatic heterocycles. The summed E-state index contributed by atoms with van der Waals surface area (Å²) in [5.41, 5.74) is -0.00930. The van der Waals surface area contributed by atoms with E-state index in [1.807, 2.05) is 20.8 Å². The van der Waals surface area contributed by atoms with Crippen LogP contribution >= 0.6 is 11.6 Å².